The predicted octanol–water partition coefficient (Wildman–Crippen LogP) is 3.16. The largest absolute Gasteiger partial charge is 0.332 e. The fourth-order valence-electron chi connectivity index (χ4n) is 2.71. The SMILES string of the molecule is Cc1nc2ccccn2c1-c1csc(Nc2ccc(S(N)(=O)=O)cc2)n1. The van der Waals surface area contributed by atoms with Gasteiger partial charge < -0.3 is 5.32 Å². The van der Waals surface area contributed by atoms with Gasteiger partial charge in [0.25, 0.3) is 0 Å². The van der Waals surface area contributed by atoms with Gasteiger partial charge >= 0.3 is 0 Å². The topological polar surface area (TPSA) is 102 Å². The Hall–Kier alpha value is -2.75. The van der Waals surface area contributed by atoms with Gasteiger partial charge in [0.15, 0.2) is 5.13 Å². The summed E-state index contributed by atoms with van der Waals surface area (Å²) < 4.78 is 24.6. The lowest BCUT2D eigenvalue weighted by Crippen LogP contribution is -2.11. The van der Waals surface area contributed by atoms with Crippen LogP contribution in [0.3, 0.4) is 0 Å². The minimum absolute atomic E-state index is 0.0734. The van der Waals surface area contributed by atoms with Crippen LogP contribution in [0.5, 0.6) is 0 Å². The summed E-state index contributed by atoms with van der Waals surface area (Å²) in [6, 6.07) is 12.1. The average Bonchev–Trinajstić information content (AvgIpc) is 3.17. The maximum absolute atomic E-state index is 11.3. The fraction of sp³-hybridized carbons (Fsp3) is 0.0588. The summed E-state index contributed by atoms with van der Waals surface area (Å²) in [4.78, 5) is 9.26. The van der Waals surface area contributed by atoms with Crippen LogP contribution in [-0.2, 0) is 10.0 Å². The number of hydrogen-bond acceptors (Lipinski definition) is 6. The van der Waals surface area contributed by atoms with E-state index in [1.54, 1.807) is 12.1 Å². The van der Waals surface area contributed by atoms with E-state index >= 15 is 0 Å². The van der Waals surface area contributed by atoms with Crippen LogP contribution in [0.4, 0.5) is 10.8 Å². The minimum atomic E-state index is -3.69. The van der Waals surface area contributed by atoms with E-state index in [1.807, 2.05) is 41.1 Å². The highest BCUT2D eigenvalue weighted by atomic mass is 32.2. The van der Waals surface area contributed by atoms with E-state index in [2.05, 4.69) is 15.3 Å². The molecule has 3 aromatic heterocycles. The summed E-state index contributed by atoms with van der Waals surface area (Å²) >= 11 is 1.46. The second-order valence-corrected chi connectivity index (χ2v) is 8.13. The molecule has 26 heavy (non-hydrogen) atoms. The molecule has 0 unspecified atom stereocenters. The molecule has 0 aliphatic rings. The number of fused-ring (bicyclic) bond motifs is 1. The molecular formula is C17H15N5O2S2. The third-order valence-corrected chi connectivity index (χ3v) is 5.57. The summed E-state index contributed by atoms with van der Waals surface area (Å²) in [5.41, 5.74) is 4.30. The highest BCUT2D eigenvalue weighted by Crippen LogP contribution is 2.30. The second kappa shape index (κ2) is 6.20. The van der Waals surface area contributed by atoms with Crippen molar-refractivity contribution in [3.8, 4) is 11.4 Å². The number of rotatable bonds is 4. The molecule has 7 nitrogen and oxygen atoms in total. The first kappa shape index (κ1) is 16.7. The van der Waals surface area contributed by atoms with Crippen LogP contribution in [-0.4, -0.2) is 22.8 Å². The Morgan fingerprint density at radius 2 is 1.88 bits per heavy atom. The average molecular weight is 385 g/mol. The number of nitrogens with one attached hydrogen (secondary N) is 1. The lowest BCUT2D eigenvalue weighted by atomic mass is 10.3. The molecule has 0 bridgehead atoms. The molecule has 0 atom stereocenters. The molecule has 0 aliphatic heterocycles. The van der Waals surface area contributed by atoms with Crippen LogP contribution in [0.15, 0.2) is 58.9 Å². The summed E-state index contributed by atoms with van der Waals surface area (Å²) in [6.45, 7) is 1.96. The number of primary sulfonamides is 1. The maximum atomic E-state index is 11.3. The minimum Gasteiger partial charge on any atom is -0.332 e. The normalized spacial score (nSPS) is 11.8. The van der Waals surface area contributed by atoms with Crippen molar-refractivity contribution >= 4 is 37.8 Å². The molecule has 132 valence electrons. The van der Waals surface area contributed by atoms with Crippen molar-refractivity contribution in [2.75, 3.05) is 5.32 Å². The molecule has 3 N–H and O–H groups in total. The molecular weight excluding hydrogens is 370 g/mol. The third-order valence-electron chi connectivity index (χ3n) is 3.89. The number of hydrogen-bond donors (Lipinski definition) is 2. The Bertz CT molecular complexity index is 1190. The molecule has 0 spiro atoms. The molecule has 1 aromatic carbocycles. The van der Waals surface area contributed by atoms with Crippen LogP contribution in [0.25, 0.3) is 17.0 Å². The third kappa shape index (κ3) is 3.07. The van der Waals surface area contributed by atoms with Crippen molar-refractivity contribution in [3.05, 3.63) is 59.7 Å². The highest BCUT2D eigenvalue weighted by Gasteiger charge is 2.14. The van der Waals surface area contributed by atoms with Crippen molar-refractivity contribution in [2.24, 2.45) is 5.14 Å². The lowest BCUT2D eigenvalue weighted by Gasteiger charge is -2.04. The zero-order valence-electron chi connectivity index (χ0n) is 13.7. The zero-order chi connectivity index (χ0) is 18.3. The van der Waals surface area contributed by atoms with Gasteiger partial charge in [-0.1, -0.05) is 6.07 Å². The van der Waals surface area contributed by atoms with Crippen LogP contribution < -0.4 is 10.5 Å². The molecule has 0 saturated heterocycles. The number of nitrogens with two attached hydrogens (primary N) is 1. The van der Waals surface area contributed by atoms with Crippen LogP contribution in [0.2, 0.25) is 0 Å². The van der Waals surface area contributed by atoms with Gasteiger partial charge in [-0.2, -0.15) is 0 Å². The summed E-state index contributed by atoms with van der Waals surface area (Å²) in [7, 11) is -3.69. The number of aromatic nitrogens is 3. The van der Waals surface area contributed by atoms with Gasteiger partial charge in [0, 0.05) is 17.3 Å². The van der Waals surface area contributed by atoms with E-state index in [0.29, 0.717) is 5.13 Å². The molecule has 9 heteroatoms. The summed E-state index contributed by atoms with van der Waals surface area (Å²) in [6.07, 6.45) is 1.96. The quantitative estimate of drug-likeness (QED) is 0.562. The van der Waals surface area contributed by atoms with Crippen molar-refractivity contribution in [3.63, 3.8) is 0 Å². The van der Waals surface area contributed by atoms with Gasteiger partial charge in [-0.15, -0.1) is 11.3 Å². The number of anilines is 2. The fourth-order valence-corrected chi connectivity index (χ4v) is 3.94. The monoisotopic (exact) mass is 385 g/mol. The molecule has 0 radical (unpaired) electrons. The van der Waals surface area contributed by atoms with E-state index in [4.69, 9.17) is 5.14 Å². The zero-order valence-corrected chi connectivity index (χ0v) is 15.4. The Kier molecular flexibility index (Phi) is 3.98. The van der Waals surface area contributed by atoms with Gasteiger partial charge in [-0.25, -0.2) is 23.5 Å². The Labute approximate surface area is 154 Å². The first-order valence-electron chi connectivity index (χ1n) is 7.71. The first-order chi connectivity index (χ1) is 12.4. The smallest absolute Gasteiger partial charge is 0.238 e. The van der Waals surface area contributed by atoms with E-state index in [0.717, 1.165) is 28.4 Å². The molecule has 3 heterocycles. The Morgan fingerprint density at radius 1 is 1.12 bits per heavy atom. The number of benzene rings is 1. The van der Waals surface area contributed by atoms with Crippen LogP contribution in [0, 0.1) is 6.92 Å². The number of sulfonamides is 1. The van der Waals surface area contributed by atoms with Crippen molar-refractivity contribution in [1.29, 1.82) is 0 Å². The lowest BCUT2D eigenvalue weighted by molar-refractivity contribution is 0.598. The molecule has 0 fully saturated rings. The number of nitrogens with zero attached hydrogens (tertiary/aromatic N) is 3. The van der Waals surface area contributed by atoms with Crippen LogP contribution in [0.1, 0.15) is 5.69 Å². The van der Waals surface area contributed by atoms with E-state index in [1.165, 1.54) is 23.5 Å². The van der Waals surface area contributed by atoms with Gasteiger partial charge in [-0.05, 0) is 43.3 Å². The van der Waals surface area contributed by atoms with Gasteiger partial charge in [-0.3, -0.25) is 4.40 Å². The standard InChI is InChI=1S/C17H15N5O2S2/c1-11-16(22-9-3-2-4-15(22)19-11)14-10-25-17(21-14)20-12-5-7-13(8-6-12)26(18,23)24/h2-10H,1H3,(H,20,21)(H2,18,23,24). The molecule has 0 saturated carbocycles. The molecule has 4 rings (SSSR count). The predicted molar refractivity (Wildman–Crippen MR) is 102 cm³/mol. The summed E-state index contributed by atoms with van der Waals surface area (Å²) in [5, 5.41) is 10.9. The van der Waals surface area contributed by atoms with Gasteiger partial charge in [0.05, 0.1) is 16.3 Å². The second-order valence-electron chi connectivity index (χ2n) is 5.71. The van der Waals surface area contributed by atoms with E-state index < -0.39 is 10.0 Å². The molecule has 4 aromatic rings. The molecule has 0 amide bonds. The van der Waals surface area contributed by atoms with E-state index in [-0.39, 0.29) is 4.90 Å². The Morgan fingerprint density at radius 3 is 2.62 bits per heavy atom. The van der Waals surface area contributed by atoms with Crippen molar-refractivity contribution < 1.29 is 8.42 Å². The van der Waals surface area contributed by atoms with Gasteiger partial charge in [0.2, 0.25) is 10.0 Å². The van der Waals surface area contributed by atoms with Gasteiger partial charge in [0.1, 0.15) is 11.3 Å². The van der Waals surface area contributed by atoms with Crippen molar-refractivity contribution in [2.45, 2.75) is 11.8 Å². The molecule has 0 aliphatic carbocycles. The maximum Gasteiger partial charge on any atom is 0.238 e. The van der Waals surface area contributed by atoms with Crippen LogP contribution >= 0.6 is 11.3 Å². The number of imidazole rings is 1. The summed E-state index contributed by atoms with van der Waals surface area (Å²) in [5.74, 6) is 0. The first-order valence-corrected chi connectivity index (χ1v) is 10.1. The Balaban J connectivity index is 1.63. The number of aryl methyl sites for hydroxylation is 1. The van der Waals surface area contributed by atoms with E-state index in [9.17, 15) is 8.42 Å². The highest BCUT2D eigenvalue weighted by molar-refractivity contribution is 7.89. The number of thiazole rings is 1. The number of pyridine rings is 1. The van der Waals surface area contributed by atoms with Crippen molar-refractivity contribution in [1.82, 2.24) is 14.4 Å².